The number of hydrogen-bond donors (Lipinski definition) is 4. The smallest absolute Gasteiger partial charge is 0.129 e. The van der Waals surface area contributed by atoms with Gasteiger partial charge in [0.15, 0.2) is 0 Å². The molecule has 0 amide bonds. The second-order valence-corrected chi connectivity index (χ2v) is 3.26. The highest BCUT2D eigenvalue weighted by molar-refractivity contribution is 5.26. The van der Waals surface area contributed by atoms with Crippen molar-refractivity contribution in [3.63, 3.8) is 0 Å². The van der Waals surface area contributed by atoms with Crippen LogP contribution >= 0.6 is 0 Å². The van der Waals surface area contributed by atoms with Crippen LogP contribution in [-0.2, 0) is 6.61 Å². The summed E-state index contributed by atoms with van der Waals surface area (Å²) in [5.74, 6) is -0.613. The first-order chi connectivity index (χ1) is 7.10. The SMILES string of the molecule is NCC(O)C(O)c1ccc(CO)c(F)c1. The fourth-order valence-electron chi connectivity index (χ4n) is 1.23. The first kappa shape index (κ1) is 12.1. The Hall–Kier alpha value is -1.01. The van der Waals surface area contributed by atoms with Gasteiger partial charge in [-0.2, -0.15) is 0 Å². The summed E-state index contributed by atoms with van der Waals surface area (Å²) in [5.41, 5.74) is 5.55. The third-order valence-electron chi connectivity index (χ3n) is 2.19. The Morgan fingerprint density at radius 3 is 2.47 bits per heavy atom. The fourth-order valence-corrected chi connectivity index (χ4v) is 1.23. The topological polar surface area (TPSA) is 86.7 Å². The molecule has 84 valence electrons. The van der Waals surface area contributed by atoms with E-state index in [0.717, 1.165) is 6.07 Å². The van der Waals surface area contributed by atoms with E-state index < -0.39 is 24.6 Å². The van der Waals surface area contributed by atoms with Gasteiger partial charge in [0.2, 0.25) is 0 Å². The molecule has 1 aromatic carbocycles. The Morgan fingerprint density at radius 1 is 1.33 bits per heavy atom. The molecule has 2 unspecified atom stereocenters. The van der Waals surface area contributed by atoms with Crippen LogP contribution in [0, 0.1) is 5.82 Å². The van der Waals surface area contributed by atoms with Crippen molar-refractivity contribution >= 4 is 0 Å². The molecule has 15 heavy (non-hydrogen) atoms. The molecule has 0 aliphatic heterocycles. The summed E-state index contributed by atoms with van der Waals surface area (Å²) < 4.78 is 13.2. The molecule has 1 aromatic rings. The van der Waals surface area contributed by atoms with Crippen LogP contribution in [0.5, 0.6) is 0 Å². The molecule has 0 spiro atoms. The average molecular weight is 215 g/mol. The van der Waals surface area contributed by atoms with E-state index in [9.17, 15) is 14.6 Å². The summed E-state index contributed by atoms with van der Waals surface area (Å²) in [7, 11) is 0. The number of halogens is 1. The second kappa shape index (κ2) is 5.18. The van der Waals surface area contributed by atoms with E-state index in [-0.39, 0.29) is 17.7 Å². The quantitative estimate of drug-likeness (QED) is 0.554. The van der Waals surface area contributed by atoms with Gasteiger partial charge in [0, 0.05) is 12.1 Å². The molecule has 0 radical (unpaired) electrons. The van der Waals surface area contributed by atoms with Gasteiger partial charge in [-0.25, -0.2) is 4.39 Å². The van der Waals surface area contributed by atoms with Gasteiger partial charge in [-0.05, 0) is 11.6 Å². The molecular formula is C10H14FNO3. The number of aliphatic hydroxyl groups excluding tert-OH is 3. The maximum atomic E-state index is 13.2. The number of rotatable bonds is 4. The van der Waals surface area contributed by atoms with Gasteiger partial charge in [-0.3, -0.25) is 0 Å². The molecule has 0 aliphatic carbocycles. The summed E-state index contributed by atoms with van der Waals surface area (Å²) >= 11 is 0. The molecule has 0 fully saturated rings. The number of benzene rings is 1. The Labute approximate surface area is 86.8 Å². The van der Waals surface area contributed by atoms with Gasteiger partial charge >= 0.3 is 0 Å². The first-order valence-corrected chi connectivity index (χ1v) is 4.55. The van der Waals surface area contributed by atoms with E-state index in [1.807, 2.05) is 0 Å². The average Bonchev–Trinajstić information content (AvgIpc) is 2.26. The Kier molecular flexibility index (Phi) is 4.16. The van der Waals surface area contributed by atoms with E-state index in [1.165, 1.54) is 12.1 Å². The van der Waals surface area contributed by atoms with Crippen molar-refractivity contribution in [2.45, 2.75) is 18.8 Å². The highest BCUT2D eigenvalue weighted by Gasteiger charge is 2.17. The predicted molar refractivity (Wildman–Crippen MR) is 52.3 cm³/mol. The van der Waals surface area contributed by atoms with Crippen LogP contribution in [0.25, 0.3) is 0 Å². The minimum absolute atomic E-state index is 0.107. The molecule has 0 saturated heterocycles. The third kappa shape index (κ3) is 2.73. The maximum Gasteiger partial charge on any atom is 0.129 e. The Morgan fingerprint density at radius 2 is 2.00 bits per heavy atom. The number of nitrogens with two attached hydrogens (primary N) is 1. The van der Waals surface area contributed by atoms with Crippen LogP contribution in [0.4, 0.5) is 4.39 Å². The lowest BCUT2D eigenvalue weighted by Crippen LogP contribution is -2.27. The summed E-state index contributed by atoms with van der Waals surface area (Å²) in [5, 5.41) is 27.5. The van der Waals surface area contributed by atoms with Crippen LogP contribution in [-0.4, -0.2) is 28.0 Å². The largest absolute Gasteiger partial charge is 0.392 e. The van der Waals surface area contributed by atoms with Gasteiger partial charge in [0.25, 0.3) is 0 Å². The van der Waals surface area contributed by atoms with Crippen molar-refractivity contribution in [1.82, 2.24) is 0 Å². The molecule has 5 heteroatoms. The van der Waals surface area contributed by atoms with Gasteiger partial charge < -0.3 is 21.1 Å². The first-order valence-electron chi connectivity index (χ1n) is 4.55. The van der Waals surface area contributed by atoms with Crippen molar-refractivity contribution < 1.29 is 19.7 Å². The highest BCUT2D eigenvalue weighted by Crippen LogP contribution is 2.19. The fraction of sp³-hybridized carbons (Fsp3) is 0.400. The summed E-state index contributed by atoms with van der Waals surface area (Å²) in [6.45, 7) is -0.508. The van der Waals surface area contributed by atoms with Crippen LogP contribution in [0.2, 0.25) is 0 Å². The Bertz CT molecular complexity index is 332. The molecule has 2 atom stereocenters. The second-order valence-electron chi connectivity index (χ2n) is 3.26. The van der Waals surface area contributed by atoms with Crippen LogP contribution < -0.4 is 5.73 Å². The van der Waals surface area contributed by atoms with Gasteiger partial charge in [-0.1, -0.05) is 12.1 Å². The lowest BCUT2D eigenvalue weighted by atomic mass is 10.0. The van der Waals surface area contributed by atoms with Gasteiger partial charge in [0.1, 0.15) is 11.9 Å². The van der Waals surface area contributed by atoms with Crippen molar-refractivity contribution in [2.24, 2.45) is 5.73 Å². The minimum atomic E-state index is -1.21. The van der Waals surface area contributed by atoms with Crippen LogP contribution in [0.15, 0.2) is 18.2 Å². The van der Waals surface area contributed by atoms with Crippen molar-refractivity contribution in [2.75, 3.05) is 6.54 Å². The molecular weight excluding hydrogens is 201 g/mol. The molecule has 5 N–H and O–H groups in total. The molecule has 0 saturated carbocycles. The lowest BCUT2D eigenvalue weighted by Gasteiger charge is -2.16. The van der Waals surface area contributed by atoms with Gasteiger partial charge in [-0.15, -0.1) is 0 Å². The zero-order valence-corrected chi connectivity index (χ0v) is 8.10. The summed E-state index contributed by atoms with van der Waals surface area (Å²) in [4.78, 5) is 0. The van der Waals surface area contributed by atoms with Crippen molar-refractivity contribution in [1.29, 1.82) is 0 Å². The molecule has 1 rings (SSSR count). The van der Waals surface area contributed by atoms with E-state index in [1.54, 1.807) is 0 Å². The van der Waals surface area contributed by atoms with E-state index in [0.29, 0.717) is 0 Å². The predicted octanol–water partition coefficient (Wildman–Crippen LogP) is -0.329. The van der Waals surface area contributed by atoms with E-state index >= 15 is 0 Å². The van der Waals surface area contributed by atoms with E-state index in [2.05, 4.69) is 0 Å². The van der Waals surface area contributed by atoms with Crippen LogP contribution in [0.1, 0.15) is 17.2 Å². The molecule has 0 heterocycles. The number of aliphatic hydroxyl groups is 3. The summed E-state index contributed by atoms with van der Waals surface area (Å²) in [6.07, 6.45) is -2.33. The lowest BCUT2D eigenvalue weighted by molar-refractivity contribution is 0.0241. The zero-order valence-electron chi connectivity index (χ0n) is 8.10. The van der Waals surface area contributed by atoms with Crippen molar-refractivity contribution in [3.05, 3.63) is 35.1 Å². The molecule has 0 aromatic heterocycles. The van der Waals surface area contributed by atoms with Crippen molar-refractivity contribution in [3.8, 4) is 0 Å². The monoisotopic (exact) mass is 215 g/mol. The Balaban J connectivity index is 2.92. The maximum absolute atomic E-state index is 13.2. The molecule has 0 bridgehead atoms. The number of hydrogen-bond acceptors (Lipinski definition) is 4. The third-order valence-corrected chi connectivity index (χ3v) is 2.19. The standard InChI is InChI=1S/C10H14FNO3/c11-8-3-6(1-2-7(8)5-13)10(15)9(14)4-12/h1-3,9-10,13-15H,4-5,12H2. The van der Waals surface area contributed by atoms with Crippen LogP contribution in [0.3, 0.4) is 0 Å². The zero-order chi connectivity index (χ0) is 11.4. The summed E-state index contributed by atoms with van der Waals surface area (Å²) in [6, 6.07) is 3.88. The van der Waals surface area contributed by atoms with Gasteiger partial charge in [0.05, 0.1) is 12.7 Å². The molecule has 0 aliphatic rings. The van der Waals surface area contributed by atoms with E-state index in [4.69, 9.17) is 10.8 Å². The normalized spacial score (nSPS) is 15.0. The highest BCUT2D eigenvalue weighted by atomic mass is 19.1. The minimum Gasteiger partial charge on any atom is -0.392 e. The molecule has 4 nitrogen and oxygen atoms in total.